The quantitative estimate of drug-likeness (QED) is 0.162. The molecular weight excluding hydrogens is 801 g/mol. The van der Waals surface area contributed by atoms with Crippen molar-refractivity contribution in [1.29, 1.82) is 0 Å². The van der Waals surface area contributed by atoms with E-state index in [1.807, 2.05) is 82.6 Å². The van der Waals surface area contributed by atoms with Gasteiger partial charge in [0.25, 0.3) is 5.91 Å². The van der Waals surface area contributed by atoms with E-state index in [0.717, 1.165) is 57.5 Å². The van der Waals surface area contributed by atoms with Crippen LogP contribution in [0.4, 0.5) is 11.4 Å². The predicted molar refractivity (Wildman–Crippen MR) is 227 cm³/mol. The Morgan fingerprint density at radius 3 is 2.46 bits per heavy atom. The number of carbonyl (C=O) groups is 3. The van der Waals surface area contributed by atoms with Gasteiger partial charge < -0.3 is 35.0 Å². The number of methoxy groups -OCH3 is 1. The highest BCUT2D eigenvalue weighted by Crippen LogP contribution is 2.60. The molecule has 0 unspecified atom stereocenters. The molecule has 0 aliphatic carbocycles. The van der Waals surface area contributed by atoms with Crippen LogP contribution in [0.15, 0.2) is 95.5 Å². The van der Waals surface area contributed by atoms with E-state index >= 15 is 4.79 Å². The molecule has 298 valence electrons. The number of aliphatic hydroxyl groups excluding tert-OH is 1. The summed E-state index contributed by atoms with van der Waals surface area (Å²) in [7, 11) is -0.858. The molecule has 8 rings (SSSR count). The van der Waals surface area contributed by atoms with Crippen molar-refractivity contribution >= 4 is 58.3 Å². The Morgan fingerprint density at radius 1 is 1.04 bits per heavy atom. The van der Waals surface area contributed by atoms with E-state index in [0.29, 0.717) is 25.2 Å². The van der Waals surface area contributed by atoms with Crippen LogP contribution in [0.2, 0.25) is 18.6 Å². The molecular formula is C45H51BrN4O6Si. The first kappa shape index (κ1) is 39.5. The molecule has 12 heteroatoms. The first-order chi connectivity index (χ1) is 27.4. The van der Waals surface area contributed by atoms with Gasteiger partial charge in [-0.25, -0.2) is 0 Å². The number of rotatable bonds is 10. The molecule has 6 atom stereocenters. The monoisotopic (exact) mass is 850 g/mol. The van der Waals surface area contributed by atoms with Crippen molar-refractivity contribution in [2.24, 2.45) is 5.92 Å². The van der Waals surface area contributed by atoms with Gasteiger partial charge in [-0.05, 0) is 90.5 Å². The van der Waals surface area contributed by atoms with Gasteiger partial charge in [-0.1, -0.05) is 89.7 Å². The molecule has 0 saturated carbocycles. The number of ether oxygens (including phenoxy) is 2. The summed E-state index contributed by atoms with van der Waals surface area (Å²) in [6, 6.07) is 29.4. The van der Waals surface area contributed by atoms with Gasteiger partial charge in [0.2, 0.25) is 11.8 Å². The fourth-order valence-electron chi connectivity index (χ4n) is 9.99. The number of nitrogens with one attached hydrogen (secondary N) is 2. The van der Waals surface area contributed by atoms with Gasteiger partial charge in [0.05, 0.1) is 58.6 Å². The average Bonchev–Trinajstić information content (AvgIpc) is 3.92. The topological polar surface area (TPSA) is 120 Å². The molecule has 4 heterocycles. The van der Waals surface area contributed by atoms with Crippen LogP contribution in [-0.2, 0) is 44.2 Å². The number of halogens is 1. The highest BCUT2D eigenvalue weighted by atomic mass is 79.9. The smallest absolute Gasteiger partial charge is 0.264 e. The number of benzene rings is 4. The van der Waals surface area contributed by atoms with E-state index in [-0.39, 0.29) is 54.3 Å². The summed E-state index contributed by atoms with van der Waals surface area (Å²) in [4.78, 5) is 46.3. The van der Waals surface area contributed by atoms with Gasteiger partial charge in [0.15, 0.2) is 5.60 Å². The molecule has 4 aliphatic rings. The summed E-state index contributed by atoms with van der Waals surface area (Å²) in [6.07, 6.45) is 1.91. The number of hydrogen-bond donors (Lipinski definition) is 3. The number of amides is 3. The molecule has 0 aromatic heterocycles. The van der Waals surface area contributed by atoms with Gasteiger partial charge >= 0.3 is 0 Å². The molecule has 2 fully saturated rings. The lowest BCUT2D eigenvalue weighted by molar-refractivity contribution is -0.151. The van der Waals surface area contributed by atoms with Crippen LogP contribution >= 0.6 is 15.9 Å². The van der Waals surface area contributed by atoms with Crippen LogP contribution in [0.5, 0.6) is 5.75 Å². The third-order valence-corrected chi connectivity index (χ3v) is 17.9. The summed E-state index contributed by atoms with van der Waals surface area (Å²) in [5.41, 5.74) is 3.96. The summed E-state index contributed by atoms with van der Waals surface area (Å²) in [5, 5.41) is 17.9. The molecule has 3 N–H and O–H groups in total. The molecule has 3 amide bonds. The minimum atomic E-state index is -2.51. The molecule has 0 radical (unpaired) electrons. The van der Waals surface area contributed by atoms with E-state index in [9.17, 15) is 14.7 Å². The summed E-state index contributed by atoms with van der Waals surface area (Å²) in [5.74, 6) is 0.207. The van der Waals surface area contributed by atoms with Crippen molar-refractivity contribution in [1.82, 2.24) is 10.2 Å². The Morgan fingerprint density at radius 2 is 1.77 bits per heavy atom. The Kier molecular flexibility index (Phi) is 10.9. The van der Waals surface area contributed by atoms with Gasteiger partial charge in [0.1, 0.15) is 5.75 Å². The second kappa shape index (κ2) is 15.8. The molecule has 4 aliphatic heterocycles. The molecule has 2 saturated heterocycles. The van der Waals surface area contributed by atoms with Crippen LogP contribution < -0.4 is 25.5 Å². The number of hydrogen-bond acceptors (Lipinski definition) is 7. The lowest BCUT2D eigenvalue weighted by Crippen LogP contribution is -2.52. The van der Waals surface area contributed by atoms with Crippen molar-refractivity contribution in [2.45, 2.75) is 88.1 Å². The number of carbonyl (C=O) groups excluding carboxylic acids is 3. The summed E-state index contributed by atoms with van der Waals surface area (Å²) < 4.78 is 13.6. The van der Waals surface area contributed by atoms with Crippen LogP contribution in [0.25, 0.3) is 0 Å². The predicted octanol–water partition coefficient (Wildman–Crippen LogP) is 6.25. The van der Waals surface area contributed by atoms with E-state index in [4.69, 9.17) is 9.47 Å². The standard InChI is InChI=1S/C45H51BrN4O6Si/c1-28-42(57(3,4)36-18-16-35(55-2)17-19-36)40(24-41(52)49-26-31-9-6-5-8-30(31)22-34(49)27-51)56-45(28)37-23-32(46)13-20-39(37)50(44(45)54)25-29-11-14-33(15-12-29)48-43(53)38-10-7-21-47-38/h5-6,8-9,11-20,23,28,34,38,40,42,47,51H,7,10,21-22,24-27H2,1-4H3,(H,48,53)/t28-,34-,38+,40+,42-,45+/m0/s1. The average molecular weight is 852 g/mol. The van der Waals surface area contributed by atoms with Crippen LogP contribution in [0, 0.1) is 5.92 Å². The van der Waals surface area contributed by atoms with Crippen LogP contribution in [0.1, 0.15) is 48.4 Å². The van der Waals surface area contributed by atoms with Crippen molar-refractivity contribution in [3.8, 4) is 5.75 Å². The maximum atomic E-state index is 15.3. The zero-order chi connectivity index (χ0) is 40.1. The minimum Gasteiger partial charge on any atom is -0.497 e. The van der Waals surface area contributed by atoms with E-state index in [1.165, 1.54) is 5.19 Å². The second-order valence-corrected chi connectivity index (χ2v) is 22.2. The van der Waals surface area contributed by atoms with Crippen molar-refractivity contribution in [3.63, 3.8) is 0 Å². The third kappa shape index (κ3) is 7.13. The SMILES string of the molecule is COc1ccc([Si](C)(C)[C@@H]2[C@@H](CC(=O)N3Cc4ccccc4C[C@H]3CO)O[C@]3(C(=O)N(Cc4ccc(NC(=O)[C@H]5CCCN5)cc4)c4ccc(Br)cc43)[C@H]2C)cc1. The van der Waals surface area contributed by atoms with Crippen molar-refractivity contribution in [2.75, 3.05) is 30.5 Å². The van der Waals surface area contributed by atoms with Gasteiger partial charge in [-0.15, -0.1) is 0 Å². The zero-order valence-electron chi connectivity index (χ0n) is 33.0. The van der Waals surface area contributed by atoms with Crippen LogP contribution in [-0.4, -0.2) is 74.3 Å². The molecule has 1 spiro atoms. The fraction of sp³-hybridized carbons (Fsp3) is 0.400. The lowest BCUT2D eigenvalue weighted by atomic mass is 9.82. The van der Waals surface area contributed by atoms with Gasteiger partial charge in [-0.3, -0.25) is 14.4 Å². The Bertz CT molecular complexity index is 2160. The first-order valence-corrected chi connectivity index (χ1v) is 23.9. The normalized spacial score (nSPS) is 25.4. The number of nitrogens with zero attached hydrogens (tertiary/aromatic N) is 2. The first-order valence-electron chi connectivity index (χ1n) is 20.0. The summed E-state index contributed by atoms with van der Waals surface area (Å²) >= 11 is 3.70. The zero-order valence-corrected chi connectivity index (χ0v) is 35.6. The fourth-order valence-corrected chi connectivity index (χ4v) is 14.4. The molecule has 57 heavy (non-hydrogen) atoms. The number of fused-ring (bicyclic) bond motifs is 3. The highest BCUT2D eigenvalue weighted by Gasteiger charge is 2.66. The van der Waals surface area contributed by atoms with Crippen LogP contribution in [0.3, 0.4) is 0 Å². The minimum absolute atomic E-state index is 0.0375. The van der Waals surface area contributed by atoms with Gasteiger partial charge in [0, 0.05) is 28.2 Å². The second-order valence-electron chi connectivity index (χ2n) is 16.6. The van der Waals surface area contributed by atoms with Gasteiger partial charge in [-0.2, -0.15) is 0 Å². The maximum absolute atomic E-state index is 15.3. The number of aliphatic hydroxyl groups is 1. The molecule has 10 nitrogen and oxygen atoms in total. The molecule has 4 aromatic rings. The lowest BCUT2D eigenvalue weighted by Gasteiger charge is -2.39. The van der Waals surface area contributed by atoms with Crippen molar-refractivity contribution < 1.29 is 29.0 Å². The van der Waals surface area contributed by atoms with E-state index < -0.39 is 19.8 Å². The molecule has 0 bridgehead atoms. The Labute approximate surface area is 344 Å². The highest BCUT2D eigenvalue weighted by molar-refractivity contribution is 9.10. The Hall–Kier alpha value is -4.33. The largest absolute Gasteiger partial charge is 0.497 e. The summed E-state index contributed by atoms with van der Waals surface area (Å²) in [6.45, 7) is 8.19. The van der Waals surface area contributed by atoms with E-state index in [2.05, 4.69) is 64.8 Å². The number of anilines is 2. The molecule has 4 aromatic carbocycles. The Balaban J connectivity index is 1.13. The third-order valence-electron chi connectivity index (χ3n) is 13.0. The van der Waals surface area contributed by atoms with Crippen molar-refractivity contribution in [3.05, 3.63) is 118 Å². The maximum Gasteiger partial charge on any atom is 0.264 e. The van der Waals surface area contributed by atoms with E-state index in [1.54, 1.807) is 7.11 Å².